The van der Waals surface area contributed by atoms with Crippen molar-refractivity contribution in [2.24, 2.45) is 0 Å². The molecule has 1 saturated heterocycles. The molecule has 1 rings (SSSR count). The van der Waals surface area contributed by atoms with Crippen molar-refractivity contribution in [1.82, 2.24) is 4.90 Å². The Morgan fingerprint density at radius 3 is 1.92 bits per heavy atom. The second-order valence-electron chi connectivity index (χ2n) is 2.28. The third-order valence-corrected chi connectivity index (χ3v) is 1.66. The standard InChI is InChI=1S/C6H12FN.2C2H6/c1-2-8-4-3-6(7)5-8;2*1-2/h6H,2-5H2,1H3;2*1-2H3. The number of nitrogens with zero attached hydrogens (tertiary/aromatic N) is 1. The molecule has 1 atom stereocenters. The molecular weight excluding hydrogens is 153 g/mol. The lowest BCUT2D eigenvalue weighted by molar-refractivity contribution is 0.298. The first-order valence-corrected chi connectivity index (χ1v) is 5.19. The zero-order valence-corrected chi connectivity index (χ0v) is 9.23. The van der Waals surface area contributed by atoms with E-state index in [0.717, 1.165) is 19.5 Å². The topological polar surface area (TPSA) is 3.24 Å². The Balaban J connectivity index is 0. The molecule has 0 aromatic rings. The highest BCUT2D eigenvalue weighted by atomic mass is 19.1. The Morgan fingerprint density at radius 2 is 1.75 bits per heavy atom. The van der Waals surface area contributed by atoms with E-state index in [-0.39, 0.29) is 0 Å². The zero-order chi connectivity index (χ0) is 9.98. The van der Waals surface area contributed by atoms with Crippen LogP contribution in [0.2, 0.25) is 0 Å². The fourth-order valence-corrected chi connectivity index (χ4v) is 1.07. The van der Waals surface area contributed by atoms with E-state index in [9.17, 15) is 4.39 Å². The van der Waals surface area contributed by atoms with Crippen LogP contribution < -0.4 is 0 Å². The maximum absolute atomic E-state index is 12.3. The van der Waals surface area contributed by atoms with Crippen molar-refractivity contribution in [2.45, 2.75) is 47.2 Å². The van der Waals surface area contributed by atoms with Gasteiger partial charge in [0.1, 0.15) is 6.17 Å². The molecule has 0 aromatic carbocycles. The van der Waals surface area contributed by atoms with Crippen molar-refractivity contribution < 1.29 is 4.39 Å². The van der Waals surface area contributed by atoms with Crippen molar-refractivity contribution in [1.29, 1.82) is 0 Å². The highest BCUT2D eigenvalue weighted by Crippen LogP contribution is 2.10. The molecule has 1 aliphatic heterocycles. The summed E-state index contributed by atoms with van der Waals surface area (Å²) in [5.74, 6) is 0. The van der Waals surface area contributed by atoms with Gasteiger partial charge in [-0.15, -0.1) is 0 Å². The fraction of sp³-hybridized carbons (Fsp3) is 1.00. The minimum atomic E-state index is -0.546. The van der Waals surface area contributed by atoms with E-state index in [4.69, 9.17) is 0 Å². The summed E-state index contributed by atoms with van der Waals surface area (Å²) in [4.78, 5) is 2.13. The number of halogens is 1. The van der Waals surface area contributed by atoms with Crippen molar-refractivity contribution >= 4 is 0 Å². The quantitative estimate of drug-likeness (QED) is 0.595. The van der Waals surface area contributed by atoms with Crippen LogP contribution in [0, 0.1) is 0 Å². The molecule has 76 valence electrons. The molecule has 12 heavy (non-hydrogen) atoms. The summed E-state index contributed by atoms with van der Waals surface area (Å²) in [5, 5.41) is 0. The van der Waals surface area contributed by atoms with Gasteiger partial charge in [0.15, 0.2) is 0 Å². The third-order valence-electron chi connectivity index (χ3n) is 1.66. The number of hydrogen-bond donors (Lipinski definition) is 0. The molecule has 1 unspecified atom stereocenters. The van der Waals surface area contributed by atoms with Gasteiger partial charge in [0.05, 0.1) is 0 Å². The first-order chi connectivity index (χ1) is 5.83. The molecular formula is C10H24FN. The Morgan fingerprint density at radius 1 is 1.25 bits per heavy atom. The van der Waals surface area contributed by atoms with E-state index in [0.29, 0.717) is 6.54 Å². The summed E-state index contributed by atoms with van der Waals surface area (Å²) in [6.07, 6.45) is 0.198. The van der Waals surface area contributed by atoms with Crippen LogP contribution in [0.3, 0.4) is 0 Å². The second kappa shape index (κ2) is 10.9. The number of likely N-dealkylation sites (tertiary alicyclic amines) is 1. The van der Waals surface area contributed by atoms with Crippen molar-refractivity contribution in [3.05, 3.63) is 0 Å². The number of rotatable bonds is 1. The lowest BCUT2D eigenvalue weighted by Crippen LogP contribution is -2.19. The number of alkyl halides is 1. The first-order valence-electron chi connectivity index (χ1n) is 5.19. The molecule has 2 heteroatoms. The molecule has 0 amide bonds. The second-order valence-corrected chi connectivity index (χ2v) is 2.28. The average Bonchev–Trinajstić information content (AvgIpc) is 2.58. The van der Waals surface area contributed by atoms with E-state index in [1.807, 2.05) is 27.7 Å². The summed E-state index contributed by atoms with van der Waals surface area (Å²) >= 11 is 0. The molecule has 0 aromatic heterocycles. The normalized spacial score (nSPS) is 22.0. The minimum absolute atomic E-state index is 0.546. The van der Waals surface area contributed by atoms with Gasteiger partial charge in [0.25, 0.3) is 0 Å². The van der Waals surface area contributed by atoms with E-state index in [1.165, 1.54) is 0 Å². The van der Waals surface area contributed by atoms with Crippen molar-refractivity contribution in [3.63, 3.8) is 0 Å². The van der Waals surface area contributed by atoms with Crippen LogP contribution in [0.4, 0.5) is 4.39 Å². The van der Waals surface area contributed by atoms with Crippen LogP contribution in [-0.4, -0.2) is 30.7 Å². The molecule has 1 aliphatic rings. The van der Waals surface area contributed by atoms with Crippen LogP contribution in [0.1, 0.15) is 41.0 Å². The molecule has 0 N–H and O–H groups in total. The Labute approximate surface area is 77.0 Å². The SMILES string of the molecule is CC.CC.CCN1CCC(F)C1. The zero-order valence-electron chi connectivity index (χ0n) is 9.23. The van der Waals surface area contributed by atoms with Gasteiger partial charge in [-0.3, -0.25) is 0 Å². The highest BCUT2D eigenvalue weighted by molar-refractivity contribution is 4.72. The maximum Gasteiger partial charge on any atom is 0.114 e. The van der Waals surface area contributed by atoms with Crippen LogP contribution in [0.5, 0.6) is 0 Å². The van der Waals surface area contributed by atoms with Gasteiger partial charge in [-0.2, -0.15) is 0 Å². The predicted octanol–water partition coefficient (Wildman–Crippen LogP) is 3.10. The van der Waals surface area contributed by atoms with Gasteiger partial charge in [-0.1, -0.05) is 34.6 Å². The summed E-state index contributed by atoms with van der Waals surface area (Å²) in [7, 11) is 0. The molecule has 0 aliphatic carbocycles. The molecule has 1 nitrogen and oxygen atoms in total. The van der Waals surface area contributed by atoms with Crippen LogP contribution >= 0.6 is 0 Å². The lowest BCUT2D eigenvalue weighted by atomic mass is 10.3. The van der Waals surface area contributed by atoms with Gasteiger partial charge >= 0.3 is 0 Å². The Hall–Kier alpha value is -0.110. The summed E-state index contributed by atoms with van der Waals surface area (Å²) in [6, 6.07) is 0. The van der Waals surface area contributed by atoms with Gasteiger partial charge in [-0.05, 0) is 13.0 Å². The van der Waals surface area contributed by atoms with Gasteiger partial charge < -0.3 is 4.90 Å². The predicted molar refractivity (Wildman–Crippen MR) is 54.3 cm³/mol. The molecule has 1 heterocycles. The summed E-state index contributed by atoms with van der Waals surface area (Å²) < 4.78 is 12.3. The first kappa shape index (κ1) is 14.4. The van der Waals surface area contributed by atoms with Gasteiger partial charge in [0, 0.05) is 13.1 Å². The van der Waals surface area contributed by atoms with Crippen LogP contribution in [0.15, 0.2) is 0 Å². The maximum atomic E-state index is 12.3. The van der Waals surface area contributed by atoms with Crippen molar-refractivity contribution in [3.8, 4) is 0 Å². The van der Waals surface area contributed by atoms with E-state index in [2.05, 4.69) is 11.8 Å². The largest absolute Gasteiger partial charge is 0.301 e. The highest BCUT2D eigenvalue weighted by Gasteiger charge is 2.19. The van der Waals surface area contributed by atoms with Crippen LogP contribution in [-0.2, 0) is 0 Å². The monoisotopic (exact) mass is 177 g/mol. The molecule has 0 radical (unpaired) electrons. The van der Waals surface area contributed by atoms with E-state index in [1.54, 1.807) is 0 Å². The van der Waals surface area contributed by atoms with E-state index < -0.39 is 6.17 Å². The fourth-order valence-electron chi connectivity index (χ4n) is 1.07. The molecule has 1 fully saturated rings. The smallest absolute Gasteiger partial charge is 0.114 e. The molecule has 0 saturated carbocycles. The van der Waals surface area contributed by atoms with Gasteiger partial charge in [0.2, 0.25) is 0 Å². The van der Waals surface area contributed by atoms with E-state index >= 15 is 0 Å². The summed E-state index contributed by atoms with van der Waals surface area (Å²) in [5.41, 5.74) is 0. The lowest BCUT2D eigenvalue weighted by Gasteiger charge is -2.08. The number of hydrogen-bond acceptors (Lipinski definition) is 1. The molecule has 0 spiro atoms. The minimum Gasteiger partial charge on any atom is -0.301 e. The summed E-state index contributed by atoms with van der Waals surface area (Å²) in [6.45, 7) is 12.7. The Kier molecular flexibility index (Phi) is 13.1. The molecule has 0 bridgehead atoms. The third kappa shape index (κ3) is 6.59. The van der Waals surface area contributed by atoms with Crippen molar-refractivity contribution in [2.75, 3.05) is 19.6 Å². The van der Waals surface area contributed by atoms with Crippen LogP contribution in [0.25, 0.3) is 0 Å². The average molecular weight is 177 g/mol. The Bertz CT molecular complexity index is 76.2. The van der Waals surface area contributed by atoms with Gasteiger partial charge in [-0.25, -0.2) is 4.39 Å².